The number of rotatable bonds is 5. The van der Waals surface area contributed by atoms with Crippen molar-refractivity contribution >= 4 is 21.4 Å². The molecule has 0 spiro atoms. The first-order valence-electron chi connectivity index (χ1n) is 8.65. The van der Waals surface area contributed by atoms with Crippen molar-refractivity contribution in [2.45, 2.75) is 55.4 Å². The number of sulfonamides is 1. The predicted molar refractivity (Wildman–Crippen MR) is 95.2 cm³/mol. The van der Waals surface area contributed by atoms with Crippen LogP contribution < -0.4 is 5.69 Å². The zero-order chi connectivity index (χ0) is 17.6. The van der Waals surface area contributed by atoms with Crippen LogP contribution in [0.5, 0.6) is 0 Å². The van der Waals surface area contributed by atoms with Crippen LogP contribution in [0.15, 0.2) is 26.5 Å². The maximum Gasteiger partial charge on any atom is 0.345 e. The number of hydrogen-bond acceptors (Lipinski definition) is 5. The summed E-state index contributed by atoms with van der Waals surface area (Å²) in [5.74, 6) is 1.39. The molecule has 9 heteroatoms. The lowest BCUT2D eigenvalue weighted by Crippen LogP contribution is -2.37. The Morgan fingerprint density at radius 1 is 1.32 bits per heavy atom. The molecule has 1 fully saturated rings. The van der Waals surface area contributed by atoms with Gasteiger partial charge in [-0.15, -0.1) is 11.3 Å². The van der Waals surface area contributed by atoms with E-state index in [1.807, 2.05) is 0 Å². The molecule has 4 rings (SSSR count). The van der Waals surface area contributed by atoms with E-state index in [2.05, 4.69) is 5.10 Å². The lowest BCUT2D eigenvalue weighted by molar-refractivity contribution is 0.329. The molecular formula is C16H22N4O3S2. The third-order valence-electron chi connectivity index (χ3n) is 5.16. The van der Waals surface area contributed by atoms with Crippen molar-refractivity contribution in [2.75, 3.05) is 7.05 Å². The molecule has 25 heavy (non-hydrogen) atoms. The van der Waals surface area contributed by atoms with E-state index in [0.717, 1.165) is 12.4 Å². The number of nitrogens with zero attached hydrogens (tertiary/aromatic N) is 4. The number of thiophene rings is 1. The van der Waals surface area contributed by atoms with Crippen LogP contribution in [0.4, 0.5) is 0 Å². The average Bonchev–Trinajstić information content (AvgIpc) is 3.19. The van der Waals surface area contributed by atoms with Crippen molar-refractivity contribution in [1.29, 1.82) is 0 Å². The molecule has 1 aliphatic carbocycles. The normalized spacial score (nSPS) is 21.3. The largest absolute Gasteiger partial charge is 0.345 e. The standard InChI is InChI=1S/C16H22N4O3S2/c1-18(25(22,23)15-3-2-10-24-15)13-6-7-14-17-20(11-12-4-5-12)16(21)19(14)9-8-13/h2-3,10,12-13H,4-9,11H2,1H3. The van der Waals surface area contributed by atoms with Gasteiger partial charge in [-0.2, -0.15) is 9.40 Å². The maximum absolute atomic E-state index is 12.7. The molecule has 0 saturated heterocycles. The number of aryl methyl sites for hydroxylation is 1. The van der Waals surface area contributed by atoms with Crippen molar-refractivity contribution in [1.82, 2.24) is 18.7 Å². The molecule has 1 saturated carbocycles. The molecule has 0 amide bonds. The fourth-order valence-electron chi connectivity index (χ4n) is 3.39. The molecular weight excluding hydrogens is 360 g/mol. The van der Waals surface area contributed by atoms with Crippen LogP contribution in [-0.4, -0.2) is 40.2 Å². The Labute approximate surface area is 150 Å². The van der Waals surface area contributed by atoms with Gasteiger partial charge in [-0.3, -0.25) is 4.57 Å². The summed E-state index contributed by atoms with van der Waals surface area (Å²) in [6, 6.07) is 3.26. The van der Waals surface area contributed by atoms with E-state index in [0.29, 0.717) is 35.9 Å². The molecule has 0 N–H and O–H groups in total. The van der Waals surface area contributed by atoms with Crippen LogP contribution in [0.1, 0.15) is 31.5 Å². The Hall–Kier alpha value is -1.45. The predicted octanol–water partition coefficient (Wildman–Crippen LogP) is 1.54. The van der Waals surface area contributed by atoms with Gasteiger partial charge < -0.3 is 0 Å². The highest BCUT2D eigenvalue weighted by Gasteiger charge is 2.32. The second-order valence-corrected chi connectivity index (χ2v) is 10.1. The van der Waals surface area contributed by atoms with E-state index in [-0.39, 0.29) is 11.7 Å². The van der Waals surface area contributed by atoms with E-state index in [9.17, 15) is 13.2 Å². The smallest absolute Gasteiger partial charge is 0.279 e. The molecule has 0 aromatic carbocycles. The fourth-order valence-corrected chi connectivity index (χ4v) is 5.98. The minimum Gasteiger partial charge on any atom is -0.279 e. The SMILES string of the molecule is CN(C1CCc2nn(CC3CC3)c(=O)n2CC1)S(=O)(=O)c1cccs1. The van der Waals surface area contributed by atoms with E-state index >= 15 is 0 Å². The van der Waals surface area contributed by atoms with Gasteiger partial charge in [-0.1, -0.05) is 6.07 Å². The summed E-state index contributed by atoms with van der Waals surface area (Å²) in [5, 5.41) is 6.27. The van der Waals surface area contributed by atoms with Crippen LogP contribution in [0.2, 0.25) is 0 Å². The third-order valence-corrected chi connectivity index (χ3v) is 8.44. The topological polar surface area (TPSA) is 77.2 Å². The lowest BCUT2D eigenvalue weighted by atomic mass is 10.1. The molecule has 2 aromatic rings. The molecule has 1 aliphatic heterocycles. The zero-order valence-corrected chi connectivity index (χ0v) is 15.8. The molecule has 1 unspecified atom stereocenters. The van der Waals surface area contributed by atoms with Gasteiger partial charge in [-0.05, 0) is 43.0 Å². The second kappa shape index (κ2) is 6.37. The summed E-state index contributed by atoms with van der Waals surface area (Å²) in [5.41, 5.74) is -0.0497. The molecule has 0 bridgehead atoms. The van der Waals surface area contributed by atoms with E-state index in [1.54, 1.807) is 33.8 Å². The molecule has 3 heterocycles. The second-order valence-electron chi connectivity index (χ2n) is 6.91. The van der Waals surface area contributed by atoms with Gasteiger partial charge in [0.2, 0.25) is 0 Å². The van der Waals surface area contributed by atoms with Gasteiger partial charge in [0.1, 0.15) is 10.0 Å². The molecule has 1 atom stereocenters. The van der Waals surface area contributed by atoms with Gasteiger partial charge in [-0.25, -0.2) is 17.9 Å². The van der Waals surface area contributed by atoms with Gasteiger partial charge in [0.15, 0.2) is 0 Å². The van der Waals surface area contributed by atoms with Crippen molar-refractivity contribution in [3.05, 3.63) is 33.8 Å². The first kappa shape index (κ1) is 17.0. The van der Waals surface area contributed by atoms with Crippen molar-refractivity contribution < 1.29 is 8.42 Å². The molecule has 0 radical (unpaired) electrons. The van der Waals surface area contributed by atoms with Crippen LogP contribution in [0.3, 0.4) is 0 Å². The first-order valence-corrected chi connectivity index (χ1v) is 11.0. The van der Waals surface area contributed by atoms with E-state index in [1.165, 1.54) is 28.5 Å². The summed E-state index contributed by atoms with van der Waals surface area (Å²) in [4.78, 5) is 12.5. The first-order chi connectivity index (χ1) is 12.0. The van der Waals surface area contributed by atoms with Crippen molar-refractivity contribution in [3.63, 3.8) is 0 Å². The highest BCUT2D eigenvalue weighted by atomic mass is 32.2. The Morgan fingerprint density at radius 3 is 2.80 bits per heavy atom. The molecule has 136 valence electrons. The fraction of sp³-hybridized carbons (Fsp3) is 0.625. The minimum atomic E-state index is -3.47. The Bertz CT molecular complexity index is 910. The molecule has 2 aromatic heterocycles. The van der Waals surface area contributed by atoms with Crippen molar-refractivity contribution in [3.8, 4) is 0 Å². The lowest BCUT2D eigenvalue weighted by Gasteiger charge is -2.25. The Morgan fingerprint density at radius 2 is 2.12 bits per heavy atom. The van der Waals surface area contributed by atoms with Crippen LogP contribution in [0, 0.1) is 5.92 Å². The monoisotopic (exact) mass is 382 g/mol. The van der Waals surface area contributed by atoms with Crippen LogP contribution >= 0.6 is 11.3 Å². The minimum absolute atomic E-state index is 0.0497. The number of hydrogen-bond donors (Lipinski definition) is 0. The maximum atomic E-state index is 12.7. The van der Waals surface area contributed by atoms with E-state index < -0.39 is 10.0 Å². The highest BCUT2D eigenvalue weighted by molar-refractivity contribution is 7.91. The molecule has 7 nitrogen and oxygen atoms in total. The highest BCUT2D eigenvalue weighted by Crippen LogP contribution is 2.30. The summed E-state index contributed by atoms with van der Waals surface area (Å²) >= 11 is 1.23. The quantitative estimate of drug-likeness (QED) is 0.786. The number of fused-ring (bicyclic) bond motifs is 1. The summed E-state index contributed by atoms with van der Waals surface area (Å²) in [6.45, 7) is 1.24. The van der Waals surface area contributed by atoms with Gasteiger partial charge in [0.25, 0.3) is 10.0 Å². The van der Waals surface area contributed by atoms with Gasteiger partial charge in [0, 0.05) is 32.6 Å². The summed E-state index contributed by atoms with van der Waals surface area (Å²) < 4.78 is 30.6. The summed E-state index contributed by atoms with van der Waals surface area (Å²) in [7, 11) is -1.83. The van der Waals surface area contributed by atoms with Crippen LogP contribution in [-0.2, 0) is 29.5 Å². The van der Waals surface area contributed by atoms with Crippen molar-refractivity contribution in [2.24, 2.45) is 5.92 Å². The average molecular weight is 383 g/mol. The van der Waals surface area contributed by atoms with Gasteiger partial charge >= 0.3 is 5.69 Å². The zero-order valence-electron chi connectivity index (χ0n) is 14.2. The van der Waals surface area contributed by atoms with Gasteiger partial charge in [0.05, 0.1) is 0 Å². The Kier molecular flexibility index (Phi) is 4.33. The Balaban J connectivity index is 1.51. The van der Waals surface area contributed by atoms with Crippen LogP contribution in [0.25, 0.3) is 0 Å². The summed E-state index contributed by atoms with van der Waals surface area (Å²) in [6.07, 6.45) is 4.30. The third kappa shape index (κ3) is 3.20. The number of aromatic nitrogens is 3. The molecule has 2 aliphatic rings. The van der Waals surface area contributed by atoms with E-state index in [4.69, 9.17) is 0 Å².